The molecule has 1 aliphatic heterocycles. The molecule has 2 aromatic carbocycles. The summed E-state index contributed by atoms with van der Waals surface area (Å²) in [4.78, 5) is 29.5. The molecule has 1 heterocycles. The maximum absolute atomic E-state index is 13.0. The van der Waals surface area contributed by atoms with E-state index in [-0.39, 0.29) is 17.5 Å². The standard InChI is InChI=1S/C31H37N3O4/c1-6-7-8-9-16-32-30(35)20-10-13-23(31(36)37)26(17-20)29-24-14-11-21(33(2)3)18-27(24)38-28-19-22(34(4)5)12-15-25(28)29/h10-15,17-19,21H,6-9,16H2,1-5H3,(H,32,35)(H,36,37). The number of rotatable bonds is 10. The fraction of sp³-hybridized carbons (Fsp3) is 0.355. The highest BCUT2D eigenvalue weighted by molar-refractivity contribution is 6.03. The van der Waals surface area contributed by atoms with Gasteiger partial charge in [-0.2, -0.15) is 0 Å². The molecule has 2 aromatic rings. The van der Waals surface area contributed by atoms with Crippen molar-refractivity contribution in [3.05, 3.63) is 88.2 Å². The van der Waals surface area contributed by atoms with Crippen LogP contribution in [0.25, 0.3) is 5.57 Å². The van der Waals surface area contributed by atoms with Gasteiger partial charge in [0.15, 0.2) is 0 Å². The second-order valence-corrected chi connectivity index (χ2v) is 10.2. The number of fused-ring (bicyclic) bond motifs is 2. The van der Waals surface area contributed by atoms with Crippen LogP contribution >= 0.6 is 0 Å². The number of likely N-dealkylation sites (N-methyl/N-ethyl adjacent to an activating group) is 1. The van der Waals surface area contributed by atoms with Gasteiger partial charge in [-0.1, -0.05) is 38.3 Å². The van der Waals surface area contributed by atoms with Crippen LogP contribution in [0.3, 0.4) is 0 Å². The Balaban J connectivity index is 1.84. The highest BCUT2D eigenvalue weighted by Crippen LogP contribution is 2.45. The van der Waals surface area contributed by atoms with E-state index in [1.807, 2.05) is 63.4 Å². The summed E-state index contributed by atoms with van der Waals surface area (Å²) in [6, 6.07) is 10.8. The molecule has 4 rings (SSSR count). The number of carbonyl (C=O) groups is 2. The molecule has 0 bridgehead atoms. The van der Waals surface area contributed by atoms with Gasteiger partial charge in [0.25, 0.3) is 5.91 Å². The van der Waals surface area contributed by atoms with Crippen LogP contribution in [-0.2, 0) is 0 Å². The van der Waals surface area contributed by atoms with Crippen molar-refractivity contribution < 1.29 is 19.4 Å². The molecule has 7 heteroatoms. The molecule has 0 spiro atoms. The van der Waals surface area contributed by atoms with E-state index < -0.39 is 5.97 Å². The molecular formula is C31H37N3O4. The molecular weight excluding hydrogens is 478 g/mol. The highest BCUT2D eigenvalue weighted by atomic mass is 16.5. The molecule has 1 aliphatic carbocycles. The van der Waals surface area contributed by atoms with E-state index in [2.05, 4.69) is 23.2 Å². The third-order valence-electron chi connectivity index (χ3n) is 6.98. The zero-order chi connectivity index (χ0) is 27.4. The molecule has 0 fully saturated rings. The molecule has 1 atom stereocenters. The first kappa shape index (κ1) is 27.2. The van der Waals surface area contributed by atoms with Gasteiger partial charge in [0.1, 0.15) is 11.5 Å². The summed E-state index contributed by atoms with van der Waals surface area (Å²) in [6.07, 6.45) is 10.3. The summed E-state index contributed by atoms with van der Waals surface area (Å²) < 4.78 is 6.39. The van der Waals surface area contributed by atoms with Gasteiger partial charge in [0.2, 0.25) is 0 Å². The van der Waals surface area contributed by atoms with Crippen LogP contribution in [0, 0.1) is 0 Å². The van der Waals surface area contributed by atoms with E-state index in [0.29, 0.717) is 29.2 Å². The number of anilines is 1. The van der Waals surface area contributed by atoms with Gasteiger partial charge in [-0.05, 0) is 62.5 Å². The number of benzene rings is 2. The Kier molecular flexibility index (Phi) is 8.37. The molecule has 2 aliphatic rings. The second kappa shape index (κ2) is 11.7. The Bertz CT molecular complexity index is 1320. The van der Waals surface area contributed by atoms with Crippen molar-refractivity contribution in [2.24, 2.45) is 0 Å². The second-order valence-electron chi connectivity index (χ2n) is 10.2. The van der Waals surface area contributed by atoms with Crippen molar-refractivity contribution in [2.75, 3.05) is 39.6 Å². The molecule has 7 nitrogen and oxygen atoms in total. The number of carboxylic acid groups (broad SMARTS) is 1. The Labute approximate surface area is 225 Å². The number of nitrogens with zero attached hydrogens (tertiary/aromatic N) is 2. The lowest BCUT2D eigenvalue weighted by molar-refractivity contribution is 0.0696. The average Bonchev–Trinajstić information content (AvgIpc) is 2.90. The van der Waals surface area contributed by atoms with Crippen LogP contribution in [0.1, 0.15) is 64.4 Å². The van der Waals surface area contributed by atoms with E-state index in [1.165, 1.54) is 6.07 Å². The molecule has 1 unspecified atom stereocenters. The highest BCUT2D eigenvalue weighted by Gasteiger charge is 2.30. The Hall–Kier alpha value is -3.84. The number of carboxylic acids is 1. The smallest absolute Gasteiger partial charge is 0.336 e. The number of aromatic carboxylic acids is 1. The Morgan fingerprint density at radius 3 is 2.47 bits per heavy atom. The van der Waals surface area contributed by atoms with Crippen molar-refractivity contribution in [3.63, 3.8) is 0 Å². The predicted octanol–water partition coefficient (Wildman–Crippen LogP) is 5.34. The lowest BCUT2D eigenvalue weighted by atomic mass is 9.84. The van der Waals surface area contributed by atoms with E-state index in [0.717, 1.165) is 48.1 Å². The van der Waals surface area contributed by atoms with Crippen molar-refractivity contribution in [3.8, 4) is 5.75 Å². The van der Waals surface area contributed by atoms with Crippen LogP contribution in [-0.4, -0.2) is 62.7 Å². The zero-order valence-electron chi connectivity index (χ0n) is 22.9. The quantitative estimate of drug-likeness (QED) is 0.416. The van der Waals surface area contributed by atoms with Crippen LogP contribution < -0.4 is 15.0 Å². The minimum Gasteiger partial charge on any atom is -0.478 e. The van der Waals surface area contributed by atoms with E-state index in [1.54, 1.807) is 12.1 Å². The SMILES string of the molecule is CCCCCCNC(=O)c1ccc(C(=O)O)c(C2=C3C=CC(N(C)C)C=C3Oc3cc(N(C)C)ccc32)c1. The maximum atomic E-state index is 13.0. The van der Waals surface area contributed by atoms with Gasteiger partial charge in [-0.3, -0.25) is 9.69 Å². The Morgan fingerprint density at radius 2 is 1.79 bits per heavy atom. The fourth-order valence-electron chi connectivity index (χ4n) is 4.76. The van der Waals surface area contributed by atoms with Crippen molar-refractivity contribution in [1.29, 1.82) is 0 Å². The number of nitrogens with one attached hydrogen (secondary N) is 1. The van der Waals surface area contributed by atoms with E-state index in [9.17, 15) is 14.7 Å². The number of allylic oxidation sites excluding steroid dienone is 1. The molecule has 0 aromatic heterocycles. The lowest BCUT2D eigenvalue weighted by Crippen LogP contribution is -2.28. The Morgan fingerprint density at radius 1 is 1.00 bits per heavy atom. The van der Waals surface area contributed by atoms with Crippen LogP contribution in [0.15, 0.2) is 66.0 Å². The summed E-state index contributed by atoms with van der Waals surface area (Å²) in [6.45, 7) is 2.74. The minimum absolute atomic E-state index is 0.0392. The predicted molar refractivity (Wildman–Crippen MR) is 152 cm³/mol. The van der Waals surface area contributed by atoms with Crippen LogP contribution in [0.5, 0.6) is 5.75 Å². The third-order valence-corrected chi connectivity index (χ3v) is 6.98. The zero-order valence-corrected chi connectivity index (χ0v) is 22.9. The molecule has 0 saturated carbocycles. The number of unbranched alkanes of at least 4 members (excludes halogenated alkanes) is 3. The van der Waals surface area contributed by atoms with Gasteiger partial charge in [0.05, 0.1) is 5.56 Å². The largest absolute Gasteiger partial charge is 0.478 e. The summed E-state index contributed by atoms with van der Waals surface area (Å²) in [5.41, 5.74) is 4.36. The molecule has 1 amide bonds. The topological polar surface area (TPSA) is 82.1 Å². The normalized spacial score (nSPS) is 15.9. The summed E-state index contributed by atoms with van der Waals surface area (Å²) >= 11 is 0. The van der Waals surface area contributed by atoms with E-state index >= 15 is 0 Å². The summed E-state index contributed by atoms with van der Waals surface area (Å²) in [7, 11) is 7.92. The van der Waals surface area contributed by atoms with Gasteiger partial charge in [-0.15, -0.1) is 0 Å². The van der Waals surface area contributed by atoms with Gasteiger partial charge in [-0.25, -0.2) is 4.79 Å². The number of amides is 1. The monoisotopic (exact) mass is 515 g/mol. The van der Waals surface area contributed by atoms with Crippen molar-refractivity contribution >= 4 is 23.1 Å². The van der Waals surface area contributed by atoms with Gasteiger partial charge < -0.3 is 20.1 Å². The fourth-order valence-corrected chi connectivity index (χ4v) is 4.76. The van der Waals surface area contributed by atoms with E-state index in [4.69, 9.17) is 4.74 Å². The van der Waals surface area contributed by atoms with Gasteiger partial charge >= 0.3 is 5.97 Å². The maximum Gasteiger partial charge on any atom is 0.336 e. The first-order chi connectivity index (χ1) is 18.2. The minimum atomic E-state index is -1.05. The number of hydrogen-bond donors (Lipinski definition) is 2. The third kappa shape index (κ3) is 5.68. The molecule has 38 heavy (non-hydrogen) atoms. The molecule has 2 N–H and O–H groups in total. The molecule has 0 radical (unpaired) electrons. The first-order valence-electron chi connectivity index (χ1n) is 13.2. The average molecular weight is 516 g/mol. The lowest BCUT2D eigenvalue weighted by Gasteiger charge is -2.31. The first-order valence-corrected chi connectivity index (χ1v) is 13.2. The van der Waals surface area contributed by atoms with Gasteiger partial charge in [0, 0.05) is 60.7 Å². The number of ether oxygens (including phenoxy) is 1. The van der Waals surface area contributed by atoms with Crippen molar-refractivity contribution in [2.45, 2.75) is 38.6 Å². The summed E-state index contributed by atoms with van der Waals surface area (Å²) in [5.74, 6) is 0.0695. The molecule has 0 saturated heterocycles. The molecule has 200 valence electrons. The van der Waals surface area contributed by atoms with Crippen LogP contribution in [0.4, 0.5) is 5.69 Å². The van der Waals surface area contributed by atoms with Crippen LogP contribution in [0.2, 0.25) is 0 Å². The number of carbonyl (C=O) groups excluding carboxylic acids is 1. The number of hydrogen-bond acceptors (Lipinski definition) is 5. The summed E-state index contributed by atoms with van der Waals surface area (Å²) in [5, 5.41) is 13.1. The van der Waals surface area contributed by atoms with Crippen molar-refractivity contribution in [1.82, 2.24) is 10.2 Å².